The van der Waals surface area contributed by atoms with Gasteiger partial charge in [0.1, 0.15) is 18.2 Å². The highest BCUT2D eigenvalue weighted by Gasteiger charge is 2.34. The van der Waals surface area contributed by atoms with Crippen molar-refractivity contribution in [3.05, 3.63) is 35.9 Å². The summed E-state index contributed by atoms with van der Waals surface area (Å²) in [6, 6.07) is 7.48. The fourth-order valence-corrected chi connectivity index (χ4v) is 3.78. The molecule has 0 saturated carbocycles. The third kappa shape index (κ3) is 9.58. The van der Waals surface area contributed by atoms with Gasteiger partial charge in [-0.25, -0.2) is 9.59 Å². The third-order valence-electron chi connectivity index (χ3n) is 5.59. The van der Waals surface area contributed by atoms with Gasteiger partial charge in [0.2, 0.25) is 5.91 Å². The summed E-state index contributed by atoms with van der Waals surface area (Å²) < 4.78 is 10.7. The number of carbonyl (C=O) groups is 4. The van der Waals surface area contributed by atoms with E-state index in [-0.39, 0.29) is 30.9 Å². The van der Waals surface area contributed by atoms with Crippen molar-refractivity contribution in [1.29, 1.82) is 0 Å². The number of benzene rings is 1. The number of ether oxygens (including phenoxy) is 2. The second-order valence-corrected chi connectivity index (χ2v) is 10.5. The molecule has 2 rings (SSSR count). The van der Waals surface area contributed by atoms with Crippen LogP contribution in [-0.2, 0) is 25.7 Å². The molecule has 0 aromatic heterocycles. The summed E-state index contributed by atoms with van der Waals surface area (Å²) in [5.74, 6) is -0.601. The molecule has 1 aromatic carbocycles. The summed E-state index contributed by atoms with van der Waals surface area (Å²) in [5.41, 5.74) is 0.156. The number of likely N-dealkylation sites (tertiary alicyclic amines) is 1. The average molecular weight is 490 g/mol. The van der Waals surface area contributed by atoms with Gasteiger partial charge in [-0.3, -0.25) is 14.5 Å². The van der Waals surface area contributed by atoms with Crippen LogP contribution in [0.2, 0.25) is 0 Å². The Balaban J connectivity index is 2.00. The smallest absolute Gasteiger partial charge is 0.410 e. The molecule has 2 N–H and O–H groups in total. The highest BCUT2D eigenvalue weighted by molar-refractivity contribution is 5.94. The Kier molecular flexibility index (Phi) is 10.1. The maximum Gasteiger partial charge on any atom is 0.410 e. The number of nitrogens with zero attached hydrogens (tertiary/aromatic N) is 1. The predicted octanol–water partition coefficient (Wildman–Crippen LogP) is 3.80. The molecular formula is C26H39N3O6. The highest BCUT2D eigenvalue weighted by Crippen LogP contribution is 2.18. The van der Waals surface area contributed by atoms with Gasteiger partial charge in [0.15, 0.2) is 5.78 Å². The summed E-state index contributed by atoms with van der Waals surface area (Å²) >= 11 is 0. The Morgan fingerprint density at radius 3 is 2.37 bits per heavy atom. The maximum absolute atomic E-state index is 13.0. The van der Waals surface area contributed by atoms with E-state index in [2.05, 4.69) is 10.6 Å². The van der Waals surface area contributed by atoms with Crippen molar-refractivity contribution in [2.45, 2.75) is 91.1 Å². The molecule has 3 amide bonds. The molecule has 1 aromatic rings. The van der Waals surface area contributed by atoms with Gasteiger partial charge in [-0.2, -0.15) is 0 Å². The fourth-order valence-electron chi connectivity index (χ4n) is 3.78. The highest BCUT2D eigenvalue weighted by atomic mass is 16.6. The number of hydrogen-bond acceptors (Lipinski definition) is 6. The van der Waals surface area contributed by atoms with Gasteiger partial charge < -0.3 is 20.1 Å². The van der Waals surface area contributed by atoms with Gasteiger partial charge in [0.25, 0.3) is 0 Å². The number of rotatable bonds is 7. The topological polar surface area (TPSA) is 114 Å². The summed E-state index contributed by atoms with van der Waals surface area (Å²) in [5, 5.41) is 5.41. The lowest BCUT2D eigenvalue weighted by atomic mass is 10.0. The normalized spacial score (nSPS) is 19.5. The zero-order valence-electron chi connectivity index (χ0n) is 21.6. The second kappa shape index (κ2) is 12.6. The van der Waals surface area contributed by atoms with Crippen LogP contribution in [0, 0.1) is 5.92 Å². The first-order chi connectivity index (χ1) is 16.4. The molecule has 0 radical (unpaired) electrons. The molecule has 194 valence electrons. The molecule has 9 heteroatoms. The lowest BCUT2D eigenvalue weighted by molar-refractivity contribution is -0.129. The van der Waals surface area contributed by atoms with Crippen molar-refractivity contribution < 1.29 is 28.7 Å². The van der Waals surface area contributed by atoms with E-state index in [1.807, 2.05) is 51.1 Å². The minimum atomic E-state index is -0.842. The van der Waals surface area contributed by atoms with Crippen LogP contribution in [0.5, 0.6) is 0 Å². The Bertz CT molecular complexity index is 881. The number of Topliss-reactive ketones (excluding diaryl/α,β-unsaturated/α-hetero) is 1. The fraction of sp³-hybridized carbons (Fsp3) is 0.615. The summed E-state index contributed by atoms with van der Waals surface area (Å²) in [6.45, 7) is 10.9. The van der Waals surface area contributed by atoms with Crippen LogP contribution in [0.3, 0.4) is 0 Å². The monoisotopic (exact) mass is 489 g/mol. The SMILES string of the molecule is CC(C)C[C@H](NC(=O)OC(C)(C)C)C(=O)NC1CCC(C)N(C(=O)OCc2ccccc2)CC1=O. The van der Waals surface area contributed by atoms with E-state index < -0.39 is 35.8 Å². The zero-order valence-corrected chi connectivity index (χ0v) is 21.6. The number of amides is 3. The minimum absolute atomic E-state index is 0.116. The van der Waals surface area contributed by atoms with Gasteiger partial charge in [0, 0.05) is 6.04 Å². The molecule has 0 bridgehead atoms. The molecule has 3 atom stereocenters. The molecule has 0 aliphatic carbocycles. The first-order valence-electron chi connectivity index (χ1n) is 12.2. The van der Waals surface area contributed by atoms with Crippen molar-refractivity contribution in [3.63, 3.8) is 0 Å². The lowest BCUT2D eigenvalue weighted by Crippen LogP contribution is -2.53. The molecule has 35 heavy (non-hydrogen) atoms. The number of carbonyl (C=O) groups excluding carboxylic acids is 4. The van der Waals surface area contributed by atoms with Gasteiger partial charge in [0.05, 0.1) is 12.6 Å². The van der Waals surface area contributed by atoms with Gasteiger partial charge in [-0.1, -0.05) is 44.2 Å². The summed E-state index contributed by atoms with van der Waals surface area (Å²) in [7, 11) is 0. The summed E-state index contributed by atoms with van der Waals surface area (Å²) in [4.78, 5) is 52.3. The van der Waals surface area contributed by atoms with E-state index in [4.69, 9.17) is 9.47 Å². The van der Waals surface area contributed by atoms with E-state index in [0.29, 0.717) is 19.3 Å². The van der Waals surface area contributed by atoms with Crippen LogP contribution in [0.15, 0.2) is 30.3 Å². The van der Waals surface area contributed by atoms with Crippen LogP contribution in [0.25, 0.3) is 0 Å². The van der Waals surface area contributed by atoms with Crippen LogP contribution in [-0.4, -0.2) is 59.0 Å². The Hall–Kier alpha value is -3.10. The van der Waals surface area contributed by atoms with Crippen molar-refractivity contribution in [2.75, 3.05) is 6.54 Å². The van der Waals surface area contributed by atoms with Crippen molar-refractivity contribution in [2.24, 2.45) is 5.92 Å². The molecule has 1 aliphatic heterocycles. The quantitative estimate of drug-likeness (QED) is 0.602. The molecule has 9 nitrogen and oxygen atoms in total. The van der Waals surface area contributed by atoms with E-state index in [1.165, 1.54) is 4.90 Å². The Labute approximate surface area is 207 Å². The lowest BCUT2D eigenvalue weighted by Gasteiger charge is -2.26. The molecule has 2 unspecified atom stereocenters. The van der Waals surface area contributed by atoms with E-state index in [0.717, 1.165) is 5.56 Å². The zero-order chi connectivity index (χ0) is 26.2. The molecule has 1 aliphatic rings. The minimum Gasteiger partial charge on any atom is -0.445 e. The average Bonchev–Trinajstić information content (AvgIpc) is 2.89. The number of hydrogen-bond donors (Lipinski definition) is 2. The Morgan fingerprint density at radius 1 is 1.11 bits per heavy atom. The Morgan fingerprint density at radius 2 is 1.77 bits per heavy atom. The van der Waals surface area contributed by atoms with E-state index >= 15 is 0 Å². The van der Waals surface area contributed by atoms with Crippen LogP contribution >= 0.6 is 0 Å². The van der Waals surface area contributed by atoms with Gasteiger partial charge in [-0.05, 0) is 58.4 Å². The predicted molar refractivity (Wildman–Crippen MR) is 132 cm³/mol. The molecule has 0 spiro atoms. The maximum atomic E-state index is 13.0. The van der Waals surface area contributed by atoms with Crippen LogP contribution < -0.4 is 10.6 Å². The second-order valence-electron chi connectivity index (χ2n) is 10.5. The number of alkyl carbamates (subject to hydrolysis) is 1. The van der Waals surface area contributed by atoms with Crippen molar-refractivity contribution >= 4 is 23.9 Å². The molecular weight excluding hydrogens is 450 g/mol. The van der Waals surface area contributed by atoms with E-state index in [1.54, 1.807) is 20.8 Å². The largest absolute Gasteiger partial charge is 0.445 e. The number of nitrogens with one attached hydrogen (secondary N) is 2. The third-order valence-corrected chi connectivity index (χ3v) is 5.59. The van der Waals surface area contributed by atoms with Crippen molar-refractivity contribution in [1.82, 2.24) is 15.5 Å². The standard InChI is InChI=1S/C26H39N3O6/c1-17(2)14-21(28-24(32)35-26(4,5)6)23(31)27-20-13-12-18(3)29(15-22(20)30)25(33)34-16-19-10-8-7-9-11-19/h7-11,17-18,20-21H,12-16H2,1-6H3,(H,27,31)(H,28,32)/t18?,20?,21-/m0/s1. The summed E-state index contributed by atoms with van der Waals surface area (Å²) in [6.07, 6.45) is 0.0401. The number of ketones is 1. The van der Waals surface area contributed by atoms with Gasteiger partial charge >= 0.3 is 12.2 Å². The molecule has 1 fully saturated rings. The molecule has 1 heterocycles. The van der Waals surface area contributed by atoms with E-state index in [9.17, 15) is 19.2 Å². The first kappa shape index (κ1) is 28.1. The van der Waals surface area contributed by atoms with Crippen LogP contribution in [0.4, 0.5) is 9.59 Å². The first-order valence-corrected chi connectivity index (χ1v) is 12.2. The van der Waals surface area contributed by atoms with Gasteiger partial charge in [-0.15, -0.1) is 0 Å². The molecule has 1 saturated heterocycles. The van der Waals surface area contributed by atoms with Crippen molar-refractivity contribution in [3.8, 4) is 0 Å². The van der Waals surface area contributed by atoms with Crippen LogP contribution in [0.1, 0.15) is 66.4 Å².